The predicted molar refractivity (Wildman–Crippen MR) is 70.0 cm³/mol. The quantitative estimate of drug-likeness (QED) is 0.799. The van der Waals surface area contributed by atoms with Crippen LogP contribution in [0.1, 0.15) is 25.5 Å². The number of esters is 1. The average molecular weight is 276 g/mol. The topological polar surface area (TPSA) is 76.7 Å². The Labute approximate surface area is 116 Å². The maximum atomic E-state index is 12.2. The minimum Gasteiger partial charge on any atom is -0.467 e. The maximum absolute atomic E-state index is 12.2. The van der Waals surface area contributed by atoms with Crippen LogP contribution in [0, 0.1) is 5.92 Å². The van der Waals surface area contributed by atoms with E-state index in [0.29, 0.717) is 5.75 Å². The lowest BCUT2D eigenvalue weighted by Gasteiger charge is -2.48. The molecule has 0 unspecified atom stereocenters. The Hall–Kier alpha value is -2.24. The van der Waals surface area contributed by atoms with Gasteiger partial charge in [-0.15, -0.1) is 0 Å². The molecule has 2 aliphatic heterocycles. The third-order valence-corrected chi connectivity index (χ3v) is 3.69. The molecule has 2 aliphatic rings. The highest BCUT2D eigenvalue weighted by Crippen LogP contribution is 2.44. The first-order valence-electron chi connectivity index (χ1n) is 6.58. The molecule has 1 fully saturated rings. The van der Waals surface area contributed by atoms with Crippen molar-refractivity contribution >= 4 is 12.0 Å². The van der Waals surface area contributed by atoms with E-state index in [4.69, 9.17) is 9.47 Å². The zero-order chi connectivity index (χ0) is 14.3. The fourth-order valence-corrected chi connectivity index (χ4v) is 2.88. The zero-order valence-corrected chi connectivity index (χ0v) is 11.3. The van der Waals surface area contributed by atoms with Gasteiger partial charge in [-0.25, -0.2) is 4.79 Å². The standard InChI is InChI=1S/C14H16N2O4/c1-3-19-12(17)10-11-8-6-4-5-7-9(8)20-14(10,2)16-13(18)15-11/h4-7,10-11H,3H2,1-2H3,(H2,15,16,18)/t10-,11-,14-/m0/s1. The van der Waals surface area contributed by atoms with Gasteiger partial charge in [-0.05, 0) is 19.9 Å². The number of urea groups is 1. The van der Waals surface area contributed by atoms with Crippen LogP contribution in [-0.4, -0.2) is 24.3 Å². The highest BCUT2D eigenvalue weighted by molar-refractivity contribution is 5.84. The van der Waals surface area contributed by atoms with E-state index in [0.717, 1.165) is 5.56 Å². The second kappa shape index (κ2) is 4.40. The predicted octanol–water partition coefficient (Wildman–Crippen LogP) is 1.33. The van der Waals surface area contributed by atoms with Crippen molar-refractivity contribution in [1.82, 2.24) is 10.6 Å². The normalized spacial score (nSPS) is 30.4. The molecule has 2 bridgehead atoms. The zero-order valence-electron chi connectivity index (χ0n) is 11.3. The summed E-state index contributed by atoms with van der Waals surface area (Å²) in [6.07, 6.45) is 0. The number of benzene rings is 1. The van der Waals surface area contributed by atoms with E-state index in [1.54, 1.807) is 13.8 Å². The van der Waals surface area contributed by atoms with Gasteiger partial charge in [-0.2, -0.15) is 0 Å². The van der Waals surface area contributed by atoms with Gasteiger partial charge >= 0.3 is 12.0 Å². The molecule has 0 aromatic heterocycles. The Morgan fingerprint density at radius 2 is 2.20 bits per heavy atom. The monoisotopic (exact) mass is 276 g/mol. The number of carbonyl (C=O) groups excluding carboxylic acids is 2. The lowest BCUT2D eigenvalue weighted by atomic mass is 9.80. The first-order chi connectivity index (χ1) is 9.55. The van der Waals surface area contributed by atoms with Crippen molar-refractivity contribution in [2.45, 2.75) is 25.6 Å². The Morgan fingerprint density at radius 1 is 1.45 bits per heavy atom. The van der Waals surface area contributed by atoms with Crippen molar-refractivity contribution in [3.05, 3.63) is 29.8 Å². The molecule has 0 aliphatic carbocycles. The number of nitrogens with one attached hydrogen (secondary N) is 2. The summed E-state index contributed by atoms with van der Waals surface area (Å²) in [5.41, 5.74) is -0.314. The first-order valence-corrected chi connectivity index (χ1v) is 6.58. The van der Waals surface area contributed by atoms with Crippen LogP contribution in [0.3, 0.4) is 0 Å². The molecule has 2 amide bonds. The number of amides is 2. The van der Waals surface area contributed by atoms with E-state index in [1.165, 1.54) is 0 Å². The molecule has 1 saturated heterocycles. The SMILES string of the molecule is CCOC(=O)[C@@H]1[C@H]2NC(=O)N[C@@]1(C)Oc1ccccc12. The largest absolute Gasteiger partial charge is 0.467 e. The molecule has 0 spiro atoms. The number of carbonyl (C=O) groups is 2. The molecule has 1 aromatic rings. The lowest BCUT2D eigenvalue weighted by Crippen LogP contribution is -2.70. The van der Waals surface area contributed by atoms with Crippen LogP contribution in [0.5, 0.6) is 5.75 Å². The van der Waals surface area contributed by atoms with Crippen molar-refractivity contribution < 1.29 is 19.1 Å². The average Bonchev–Trinajstić information content (AvgIpc) is 2.37. The van der Waals surface area contributed by atoms with Gasteiger partial charge in [0.15, 0.2) is 5.72 Å². The van der Waals surface area contributed by atoms with Gasteiger partial charge in [0, 0.05) is 5.56 Å². The summed E-state index contributed by atoms with van der Waals surface area (Å²) in [4.78, 5) is 24.0. The second-order valence-electron chi connectivity index (χ2n) is 5.05. The number of ether oxygens (including phenoxy) is 2. The Balaban J connectivity index is 2.08. The molecule has 3 rings (SSSR count). The van der Waals surface area contributed by atoms with Gasteiger partial charge in [0.1, 0.15) is 11.7 Å². The number of rotatable bonds is 2. The van der Waals surface area contributed by atoms with Crippen LogP contribution in [0.2, 0.25) is 0 Å². The minimum absolute atomic E-state index is 0.285. The summed E-state index contributed by atoms with van der Waals surface area (Å²) in [5.74, 6) is -0.356. The van der Waals surface area contributed by atoms with Gasteiger partial charge in [0.2, 0.25) is 0 Å². The summed E-state index contributed by atoms with van der Waals surface area (Å²) in [6, 6.07) is 6.56. The highest BCUT2D eigenvalue weighted by Gasteiger charge is 2.56. The molecule has 2 heterocycles. The molecule has 0 radical (unpaired) electrons. The third-order valence-electron chi connectivity index (χ3n) is 3.69. The summed E-state index contributed by atoms with van der Waals surface area (Å²) in [5, 5.41) is 5.47. The van der Waals surface area contributed by atoms with E-state index in [9.17, 15) is 9.59 Å². The fourth-order valence-electron chi connectivity index (χ4n) is 2.88. The molecular weight excluding hydrogens is 260 g/mol. The first kappa shape index (κ1) is 12.8. The van der Waals surface area contributed by atoms with Crippen LogP contribution in [0.15, 0.2) is 24.3 Å². The molecule has 2 N–H and O–H groups in total. The van der Waals surface area contributed by atoms with Crippen LogP contribution in [-0.2, 0) is 9.53 Å². The number of hydrogen-bond acceptors (Lipinski definition) is 4. The summed E-state index contributed by atoms with van der Waals surface area (Å²) in [7, 11) is 0. The van der Waals surface area contributed by atoms with Crippen molar-refractivity contribution in [2.75, 3.05) is 6.61 Å². The molecular formula is C14H16N2O4. The van der Waals surface area contributed by atoms with Crippen LogP contribution in [0.4, 0.5) is 4.79 Å². The summed E-state index contributed by atoms with van der Waals surface area (Å²) in [6.45, 7) is 3.73. The van der Waals surface area contributed by atoms with Gasteiger partial charge < -0.3 is 14.8 Å². The van der Waals surface area contributed by atoms with E-state index in [-0.39, 0.29) is 18.6 Å². The molecule has 6 nitrogen and oxygen atoms in total. The minimum atomic E-state index is -1.10. The van der Waals surface area contributed by atoms with Crippen LogP contribution >= 0.6 is 0 Å². The molecule has 6 heteroatoms. The van der Waals surface area contributed by atoms with E-state index in [1.807, 2.05) is 24.3 Å². The Morgan fingerprint density at radius 3 is 2.95 bits per heavy atom. The molecule has 0 saturated carbocycles. The number of hydrogen-bond donors (Lipinski definition) is 2. The van der Waals surface area contributed by atoms with Gasteiger partial charge in [0.25, 0.3) is 0 Å². The lowest BCUT2D eigenvalue weighted by molar-refractivity contribution is -0.162. The maximum Gasteiger partial charge on any atom is 0.318 e. The van der Waals surface area contributed by atoms with Crippen molar-refractivity contribution in [2.24, 2.45) is 5.92 Å². The van der Waals surface area contributed by atoms with Gasteiger partial charge in [-0.3, -0.25) is 10.1 Å². The third kappa shape index (κ3) is 1.79. The molecule has 20 heavy (non-hydrogen) atoms. The van der Waals surface area contributed by atoms with Crippen molar-refractivity contribution in [3.63, 3.8) is 0 Å². The number of para-hydroxylation sites is 1. The van der Waals surface area contributed by atoms with Crippen molar-refractivity contribution in [1.29, 1.82) is 0 Å². The molecule has 106 valence electrons. The second-order valence-corrected chi connectivity index (χ2v) is 5.05. The van der Waals surface area contributed by atoms with Crippen molar-refractivity contribution in [3.8, 4) is 5.75 Å². The molecule has 3 atom stereocenters. The smallest absolute Gasteiger partial charge is 0.318 e. The fraction of sp³-hybridized carbons (Fsp3) is 0.429. The van der Waals surface area contributed by atoms with Gasteiger partial charge in [-0.1, -0.05) is 18.2 Å². The van der Waals surface area contributed by atoms with Crippen LogP contribution < -0.4 is 15.4 Å². The van der Waals surface area contributed by atoms with Gasteiger partial charge in [0.05, 0.1) is 12.6 Å². The van der Waals surface area contributed by atoms with Crippen LogP contribution in [0.25, 0.3) is 0 Å². The highest BCUT2D eigenvalue weighted by atomic mass is 16.5. The Kier molecular flexibility index (Phi) is 2.81. The van der Waals surface area contributed by atoms with E-state index >= 15 is 0 Å². The van der Waals surface area contributed by atoms with E-state index < -0.39 is 17.7 Å². The Bertz CT molecular complexity index is 574. The molecule has 1 aromatic carbocycles. The number of fused-ring (bicyclic) bond motifs is 4. The summed E-state index contributed by atoms with van der Waals surface area (Å²) < 4.78 is 11.0. The summed E-state index contributed by atoms with van der Waals surface area (Å²) >= 11 is 0. The van der Waals surface area contributed by atoms with E-state index in [2.05, 4.69) is 10.6 Å².